The number of hydrogen-bond donors (Lipinski definition) is 0. The highest BCUT2D eigenvalue weighted by Crippen LogP contribution is 2.44. The molecule has 6 heteroatoms. The lowest BCUT2D eigenvalue weighted by Crippen LogP contribution is -2.07. The molecular weight excluding hydrogens is 819 g/mol. The molecule has 0 spiro atoms. The van der Waals surface area contributed by atoms with E-state index in [-0.39, 0.29) is 0 Å². The van der Waals surface area contributed by atoms with Crippen LogP contribution in [0.3, 0.4) is 0 Å². The predicted octanol–water partition coefficient (Wildman–Crippen LogP) is 15.8. The van der Waals surface area contributed by atoms with Crippen molar-refractivity contribution in [3.63, 3.8) is 0 Å². The highest BCUT2D eigenvalue weighted by molar-refractivity contribution is 6.24. The lowest BCUT2D eigenvalue weighted by atomic mass is 9.98. The summed E-state index contributed by atoms with van der Waals surface area (Å²) in [6, 6.07) is 79.2. The first-order chi connectivity index (χ1) is 33.2. The van der Waals surface area contributed by atoms with Gasteiger partial charge in [0, 0.05) is 54.7 Å². The van der Waals surface area contributed by atoms with Crippen molar-refractivity contribution < 1.29 is 4.42 Å². The summed E-state index contributed by atoms with van der Waals surface area (Å²) in [6.07, 6.45) is 0. The summed E-state index contributed by atoms with van der Waals surface area (Å²) in [5.74, 6) is 1.73. The first-order valence-corrected chi connectivity index (χ1v) is 22.6. The van der Waals surface area contributed by atoms with Gasteiger partial charge in [0.2, 0.25) is 5.95 Å². The van der Waals surface area contributed by atoms with Crippen LogP contribution in [0.2, 0.25) is 0 Å². The number of nitrogens with zero attached hydrogens (tertiary/aromatic N) is 5. The lowest BCUT2D eigenvalue weighted by molar-refractivity contribution is 0.670. The minimum Gasteiger partial charge on any atom is -0.455 e. The molecule has 0 fully saturated rings. The van der Waals surface area contributed by atoms with E-state index in [2.05, 4.69) is 203 Å². The van der Waals surface area contributed by atoms with Gasteiger partial charge in [-0.05, 0) is 69.9 Å². The van der Waals surface area contributed by atoms with E-state index in [1.807, 2.05) is 30.3 Å². The van der Waals surface area contributed by atoms with Crippen LogP contribution in [-0.2, 0) is 0 Å². The molecule has 0 aliphatic carbocycles. The number of aromatic nitrogens is 5. The second kappa shape index (κ2) is 14.7. The number of furan rings is 1. The van der Waals surface area contributed by atoms with Crippen LogP contribution in [0, 0.1) is 0 Å². The van der Waals surface area contributed by atoms with Gasteiger partial charge >= 0.3 is 0 Å². The summed E-state index contributed by atoms with van der Waals surface area (Å²) >= 11 is 0. The van der Waals surface area contributed by atoms with Crippen molar-refractivity contribution in [1.82, 2.24) is 24.1 Å². The summed E-state index contributed by atoms with van der Waals surface area (Å²) < 4.78 is 11.5. The van der Waals surface area contributed by atoms with Crippen LogP contribution < -0.4 is 0 Å². The van der Waals surface area contributed by atoms with E-state index < -0.39 is 0 Å². The van der Waals surface area contributed by atoms with Crippen molar-refractivity contribution in [2.75, 3.05) is 0 Å². The Bertz CT molecular complexity index is 4280. The van der Waals surface area contributed by atoms with Crippen molar-refractivity contribution in [2.45, 2.75) is 0 Å². The minimum atomic E-state index is 0.539. The van der Waals surface area contributed by atoms with Crippen LogP contribution in [0.25, 0.3) is 133 Å². The Morgan fingerprint density at radius 2 is 0.910 bits per heavy atom. The van der Waals surface area contributed by atoms with Crippen molar-refractivity contribution in [3.8, 4) is 56.7 Å². The molecule has 4 heterocycles. The molecule has 0 saturated carbocycles. The molecule has 0 bridgehead atoms. The zero-order valence-electron chi connectivity index (χ0n) is 36.0. The normalized spacial score (nSPS) is 11.9. The van der Waals surface area contributed by atoms with Crippen molar-refractivity contribution in [1.29, 1.82) is 0 Å². The Morgan fingerprint density at radius 1 is 0.328 bits per heavy atom. The maximum atomic E-state index is 6.78. The number of benzene rings is 10. The minimum absolute atomic E-state index is 0.539. The fourth-order valence-electron chi connectivity index (χ4n) is 10.3. The van der Waals surface area contributed by atoms with E-state index in [0.717, 1.165) is 105 Å². The number of rotatable bonds is 6. The zero-order valence-corrected chi connectivity index (χ0v) is 36.0. The molecule has 0 aliphatic rings. The number of hydrogen-bond acceptors (Lipinski definition) is 4. The summed E-state index contributed by atoms with van der Waals surface area (Å²) in [6.45, 7) is 0. The van der Waals surface area contributed by atoms with E-state index in [1.165, 1.54) is 10.8 Å². The van der Waals surface area contributed by atoms with Crippen LogP contribution in [-0.4, -0.2) is 24.1 Å². The molecule has 67 heavy (non-hydrogen) atoms. The summed E-state index contributed by atoms with van der Waals surface area (Å²) in [4.78, 5) is 16.0. The standard InChI is InChI=1S/C61H37N5O/c1-3-16-38(17-4-1)42-22-15-23-44(35-42)60-62-59(40-19-5-2-6-20-40)63-61(64-60)66-54-28-13-10-25-47(54)50-33-32-49-46-24-9-12-27-53(46)65(56(49)57(50)66)45-36-51(43-31-30-39-18-7-8-21-41(39)34-43)58-52(37-45)48-26-11-14-29-55(48)67-58/h1-37H. The van der Waals surface area contributed by atoms with Gasteiger partial charge in [-0.2, -0.15) is 9.97 Å². The third-order valence-electron chi connectivity index (χ3n) is 13.3. The van der Waals surface area contributed by atoms with Gasteiger partial charge in [-0.1, -0.05) is 182 Å². The van der Waals surface area contributed by atoms with Gasteiger partial charge in [0.1, 0.15) is 11.2 Å². The molecule has 0 amide bonds. The second-order valence-electron chi connectivity index (χ2n) is 17.2. The van der Waals surface area contributed by atoms with E-state index >= 15 is 0 Å². The van der Waals surface area contributed by atoms with E-state index in [9.17, 15) is 0 Å². The fraction of sp³-hybridized carbons (Fsp3) is 0. The third kappa shape index (κ3) is 5.86. The van der Waals surface area contributed by atoms with Gasteiger partial charge < -0.3 is 8.98 Å². The maximum absolute atomic E-state index is 6.78. The Balaban J connectivity index is 1.10. The van der Waals surface area contributed by atoms with E-state index in [4.69, 9.17) is 19.4 Å². The smallest absolute Gasteiger partial charge is 0.238 e. The van der Waals surface area contributed by atoms with Crippen molar-refractivity contribution >= 4 is 76.3 Å². The molecule has 0 aliphatic heterocycles. The monoisotopic (exact) mass is 855 g/mol. The second-order valence-corrected chi connectivity index (χ2v) is 17.2. The van der Waals surface area contributed by atoms with Crippen LogP contribution in [0.4, 0.5) is 0 Å². The molecule has 6 nitrogen and oxygen atoms in total. The van der Waals surface area contributed by atoms with Crippen molar-refractivity contribution in [2.24, 2.45) is 0 Å². The fourth-order valence-corrected chi connectivity index (χ4v) is 10.3. The first kappa shape index (κ1) is 37.3. The quantitative estimate of drug-likeness (QED) is 0.167. The van der Waals surface area contributed by atoms with Gasteiger partial charge in [0.15, 0.2) is 11.6 Å². The Kier molecular flexibility index (Phi) is 8.18. The zero-order chi connectivity index (χ0) is 44.0. The maximum Gasteiger partial charge on any atom is 0.238 e. The summed E-state index contributed by atoms with van der Waals surface area (Å²) in [5.41, 5.74) is 13.1. The van der Waals surface area contributed by atoms with E-state index in [0.29, 0.717) is 17.6 Å². The van der Waals surface area contributed by atoms with Gasteiger partial charge in [0.25, 0.3) is 0 Å². The molecule has 4 aromatic heterocycles. The summed E-state index contributed by atoms with van der Waals surface area (Å²) in [5, 5.41) is 9.00. The van der Waals surface area contributed by atoms with Crippen LogP contribution in [0.1, 0.15) is 0 Å². The SMILES string of the molecule is c1ccc(-c2cccc(-c3nc(-c4ccccc4)nc(-n4c5ccccc5c5ccc6c7ccccc7n(-c7cc(-c8ccc9ccccc9c8)c8oc9ccccc9c8c7)c6c54)n3)c2)cc1. The average Bonchev–Trinajstić information content (AvgIpc) is 4.07. The predicted molar refractivity (Wildman–Crippen MR) is 275 cm³/mol. The van der Waals surface area contributed by atoms with Crippen LogP contribution >= 0.6 is 0 Å². The Labute approximate surface area is 384 Å². The van der Waals surface area contributed by atoms with Gasteiger partial charge in [-0.25, -0.2) is 4.98 Å². The third-order valence-corrected chi connectivity index (χ3v) is 13.3. The molecule has 10 aromatic carbocycles. The Hall–Kier alpha value is -9.13. The molecule has 312 valence electrons. The van der Waals surface area contributed by atoms with Crippen molar-refractivity contribution in [3.05, 3.63) is 224 Å². The molecule has 14 aromatic rings. The highest BCUT2D eigenvalue weighted by atomic mass is 16.3. The molecule has 0 atom stereocenters. The summed E-state index contributed by atoms with van der Waals surface area (Å²) in [7, 11) is 0. The van der Waals surface area contributed by atoms with Crippen LogP contribution in [0.5, 0.6) is 0 Å². The molecule has 0 N–H and O–H groups in total. The molecule has 0 saturated heterocycles. The Morgan fingerprint density at radius 3 is 1.67 bits per heavy atom. The van der Waals surface area contributed by atoms with Gasteiger partial charge in [0.05, 0.1) is 22.1 Å². The van der Waals surface area contributed by atoms with Crippen LogP contribution in [0.15, 0.2) is 229 Å². The highest BCUT2D eigenvalue weighted by Gasteiger charge is 2.25. The molecular formula is C61H37N5O. The molecule has 0 radical (unpaired) electrons. The number of para-hydroxylation sites is 3. The first-order valence-electron chi connectivity index (χ1n) is 22.6. The number of fused-ring (bicyclic) bond motifs is 11. The van der Waals surface area contributed by atoms with E-state index in [1.54, 1.807) is 0 Å². The topological polar surface area (TPSA) is 61.7 Å². The lowest BCUT2D eigenvalue weighted by Gasteiger charge is -2.15. The largest absolute Gasteiger partial charge is 0.455 e. The molecule has 14 rings (SSSR count). The van der Waals surface area contributed by atoms with Gasteiger partial charge in [-0.3, -0.25) is 4.57 Å². The average molecular weight is 856 g/mol. The van der Waals surface area contributed by atoms with Gasteiger partial charge in [-0.15, -0.1) is 0 Å². The molecule has 0 unspecified atom stereocenters.